The SMILES string of the molecule is CC1(C)COCN(c2ccc3nccc(C(O)OC(C)(C)C)c3c2)C1. The number of aliphatic hydroxyl groups is 1. The van der Waals surface area contributed by atoms with Gasteiger partial charge in [-0.1, -0.05) is 13.8 Å². The number of hydrogen-bond acceptors (Lipinski definition) is 5. The van der Waals surface area contributed by atoms with E-state index in [1.54, 1.807) is 6.20 Å². The highest BCUT2D eigenvalue weighted by Gasteiger charge is 2.28. The minimum atomic E-state index is -0.991. The first-order valence-electron chi connectivity index (χ1n) is 8.72. The maximum Gasteiger partial charge on any atom is 0.182 e. The van der Waals surface area contributed by atoms with Crippen LogP contribution in [0.5, 0.6) is 0 Å². The van der Waals surface area contributed by atoms with E-state index >= 15 is 0 Å². The number of pyridine rings is 1. The second-order valence-corrected chi connectivity index (χ2v) is 8.52. The fourth-order valence-corrected chi connectivity index (χ4v) is 3.17. The number of aromatic nitrogens is 1. The molecule has 0 aliphatic carbocycles. The maximum atomic E-state index is 10.6. The van der Waals surface area contributed by atoms with Gasteiger partial charge in [-0.05, 0) is 45.0 Å². The molecule has 2 heterocycles. The van der Waals surface area contributed by atoms with Gasteiger partial charge in [-0.2, -0.15) is 0 Å². The molecule has 136 valence electrons. The van der Waals surface area contributed by atoms with Crippen molar-refractivity contribution >= 4 is 16.6 Å². The molecule has 1 unspecified atom stereocenters. The molecule has 0 saturated carbocycles. The first-order chi connectivity index (χ1) is 11.6. The molecule has 0 radical (unpaired) electrons. The van der Waals surface area contributed by atoms with E-state index in [9.17, 15) is 5.11 Å². The Morgan fingerprint density at radius 3 is 2.72 bits per heavy atom. The van der Waals surface area contributed by atoms with Gasteiger partial charge in [-0.25, -0.2) is 0 Å². The largest absolute Gasteiger partial charge is 0.364 e. The molecule has 1 aromatic heterocycles. The third-order valence-corrected chi connectivity index (χ3v) is 4.21. The summed E-state index contributed by atoms with van der Waals surface area (Å²) in [5.74, 6) is 0. The number of rotatable bonds is 3. The number of hydrogen-bond donors (Lipinski definition) is 1. The summed E-state index contributed by atoms with van der Waals surface area (Å²) in [6, 6.07) is 7.93. The zero-order valence-corrected chi connectivity index (χ0v) is 15.7. The van der Waals surface area contributed by atoms with Crippen LogP contribution in [0.1, 0.15) is 46.5 Å². The Morgan fingerprint density at radius 1 is 1.28 bits per heavy atom. The number of anilines is 1. The van der Waals surface area contributed by atoms with Gasteiger partial charge >= 0.3 is 0 Å². The summed E-state index contributed by atoms with van der Waals surface area (Å²) in [6.07, 6.45) is 0.717. The summed E-state index contributed by atoms with van der Waals surface area (Å²) in [6.45, 7) is 12.5. The monoisotopic (exact) mass is 344 g/mol. The van der Waals surface area contributed by atoms with Gasteiger partial charge in [0, 0.05) is 34.8 Å². The molecule has 1 aromatic carbocycles. The Hall–Kier alpha value is -1.69. The Balaban J connectivity index is 1.97. The van der Waals surface area contributed by atoms with Crippen molar-refractivity contribution in [1.82, 2.24) is 4.98 Å². The fourth-order valence-electron chi connectivity index (χ4n) is 3.17. The van der Waals surface area contributed by atoms with Crippen molar-refractivity contribution in [3.05, 3.63) is 36.0 Å². The van der Waals surface area contributed by atoms with E-state index in [2.05, 4.69) is 35.9 Å². The van der Waals surface area contributed by atoms with Crippen LogP contribution in [-0.2, 0) is 9.47 Å². The summed E-state index contributed by atoms with van der Waals surface area (Å²) in [5.41, 5.74) is 2.32. The lowest BCUT2D eigenvalue weighted by Gasteiger charge is -2.39. The standard InChI is InChI=1S/C20H28N2O3/c1-19(2,3)25-18(23)15-8-9-21-17-7-6-14(10-16(15)17)22-11-20(4,5)12-24-13-22/h6-10,18,23H,11-13H2,1-5H3. The van der Waals surface area contributed by atoms with Crippen molar-refractivity contribution in [2.75, 3.05) is 24.8 Å². The summed E-state index contributed by atoms with van der Waals surface area (Å²) >= 11 is 0. The Morgan fingerprint density at radius 2 is 2.04 bits per heavy atom. The highest BCUT2D eigenvalue weighted by atomic mass is 16.6. The van der Waals surface area contributed by atoms with Crippen LogP contribution in [0.4, 0.5) is 5.69 Å². The molecule has 2 aromatic rings. The number of benzene rings is 1. The number of fused-ring (bicyclic) bond motifs is 1. The first-order valence-corrected chi connectivity index (χ1v) is 8.72. The van der Waals surface area contributed by atoms with E-state index in [1.807, 2.05) is 32.9 Å². The molecule has 1 fully saturated rings. The normalized spacial score (nSPS) is 19.2. The summed E-state index contributed by atoms with van der Waals surface area (Å²) in [7, 11) is 0. The molecule has 0 spiro atoms. The topological polar surface area (TPSA) is 54.8 Å². The van der Waals surface area contributed by atoms with Crippen LogP contribution in [0.15, 0.2) is 30.5 Å². The number of aliphatic hydroxyl groups excluding tert-OH is 1. The van der Waals surface area contributed by atoms with Crippen LogP contribution in [-0.4, -0.2) is 35.6 Å². The molecule has 5 heteroatoms. The highest BCUT2D eigenvalue weighted by Crippen LogP contribution is 2.32. The molecule has 5 nitrogen and oxygen atoms in total. The van der Waals surface area contributed by atoms with Crippen molar-refractivity contribution < 1.29 is 14.6 Å². The number of ether oxygens (including phenoxy) is 2. The molecule has 1 saturated heterocycles. The van der Waals surface area contributed by atoms with Crippen LogP contribution in [0.3, 0.4) is 0 Å². The van der Waals surface area contributed by atoms with E-state index in [0.29, 0.717) is 6.73 Å². The van der Waals surface area contributed by atoms with Crippen molar-refractivity contribution in [3.63, 3.8) is 0 Å². The van der Waals surface area contributed by atoms with Crippen LogP contribution >= 0.6 is 0 Å². The second kappa shape index (κ2) is 6.56. The minimum absolute atomic E-state index is 0.111. The van der Waals surface area contributed by atoms with Gasteiger partial charge in [0.1, 0.15) is 6.73 Å². The van der Waals surface area contributed by atoms with Gasteiger partial charge in [-0.3, -0.25) is 4.98 Å². The first kappa shape index (κ1) is 18.1. The van der Waals surface area contributed by atoms with Gasteiger partial charge in [0.05, 0.1) is 17.7 Å². The molecule has 1 aliphatic rings. The van der Waals surface area contributed by atoms with Gasteiger partial charge in [0.15, 0.2) is 6.29 Å². The molecule has 3 rings (SSSR count). The van der Waals surface area contributed by atoms with E-state index in [4.69, 9.17) is 9.47 Å². The highest BCUT2D eigenvalue weighted by molar-refractivity contribution is 5.85. The smallest absolute Gasteiger partial charge is 0.182 e. The van der Waals surface area contributed by atoms with Crippen molar-refractivity contribution in [3.8, 4) is 0 Å². The molecule has 1 atom stereocenters. The Kier molecular flexibility index (Phi) is 4.75. The number of nitrogens with zero attached hydrogens (tertiary/aromatic N) is 2. The molecular weight excluding hydrogens is 316 g/mol. The average Bonchev–Trinajstić information content (AvgIpc) is 2.51. The van der Waals surface area contributed by atoms with E-state index in [0.717, 1.165) is 35.3 Å². The van der Waals surface area contributed by atoms with Crippen LogP contribution in [0.2, 0.25) is 0 Å². The van der Waals surface area contributed by atoms with Gasteiger partial charge in [-0.15, -0.1) is 0 Å². The van der Waals surface area contributed by atoms with E-state index in [1.165, 1.54) is 0 Å². The summed E-state index contributed by atoms with van der Waals surface area (Å²) in [4.78, 5) is 6.64. The third kappa shape index (κ3) is 4.29. The average molecular weight is 344 g/mol. The van der Waals surface area contributed by atoms with Crippen LogP contribution in [0, 0.1) is 5.41 Å². The van der Waals surface area contributed by atoms with Gasteiger partial charge in [0.25, 0.3) is 0 Å². The summed E-state index contributed by atoms with van der Waals surface area (Å²) in [5, 5.41) is 11.5. The molecule has 1 aliphatic heterocycles. The predicted octanol–water partition coefficient (Wildman–Crippen LogP) is 3.86. The molecule has 1 N–H and O–H groups in total. The van der Waals surface area contributed by atoms with E-state index < -0.39 is 11.9 Å². The van der Waals surface area contributed by atoms with Crippen molar-refractivity contribution in [2.45, 2.75) is 46.5 Å². The molecule has 0 amide bonds. The lowest BCUT2D eigenvalue weighted by molar-refractivity contribution is -0.168. The zero-order chi connectivity index (χ0) is 18.2. The predicted molar refractivity (Wildman–Crippen MR) is 99.5 cm³/mol. The fraction of sp³-hybridized carbons (Fsp3) is 0.550. The van der Waals surface area contributed by atoms with Crippen molar-refractivity contribution in [2.24, 2.45) is 5.41 Å². The van der Waals surface area contributed by atoms with E-state index in [-0.39, 0.29) is 5.41 Å². The quantitative estimate of drug-likeness (QED) is 0.857. The molecule has 0 bridgehead atoms. The Bertz CT molecular complexity index is 752. The second-order valence-electron chi connectivity index (χ2n) is 8.52. The minimum Gasteiger partial charge on any atom is -0.364 e. The summed E-state index contributed by atoms with van der Waals surface area (Å²) < 4.78 is 11.5. The molecular formula is C20H28N2O3. The van der Waals surface area contributed by atoms with Gasteiger partial charge < -0.3 is 19.5 Å². The lowest BCUT2D eigenvalue weighted by Crippen LogP contribution is -2.44. The van der Waals surface area contributed by atoms with Crippen LogP contribution < -0.4 is 4.90 Å². The van der Waals surface area contributed by atoms with Gasteiger partial charge in [0.2, 0.25) is 0 Å². The lowest BCUT2D eigenvalue weighted by atomic mass is 9.93. The zero-order valence-electron chi connectivity index (χ0n) is 15.7. The Labute approximate surface area is 149 Å². The molecule has 25 heavy (non-hydrogen) atoms. The van der Waals surface area contributed by atoms with Crippen molar-refractivity contribution in [1.29, 1.82) is 0 Å². The van der Waals surface area contributed by atoms with Crippen LogP contribution in [0.25, 0.3) is 10.9 Å². The maximum absolute atomic E-state index is 10.6. The third-order valence-electron chi connectivity index (χ3n) is 4.21.